The van der Waals surface area contributed by atoms with Gasteiger partial charge in [-0.2, -0.15) is 4.98 Å². The van der Waals surface area contributed by atoms with Crippen LogP contribution in [-0.2, 0) is 16.0 Å². The van der Waals surface area contributed by atoms with Crippen LogP contribution in [0.5, 0.6) is 0 Å². The molecule has 0 aliphatic carbocycles. The van der Waals surface area contributed by atoms with Crippen molar-refractivity contribution in [3.8, 4) is 11.4 Å². The van der Waals surface area contributed by atoms with Gasteiger partial charge in [0.1, 0.15) is 0 Å². The van der Waals surface area contributed by atoms with E-state index in [2.05, 4.69) is 31.5 Å². The Morgan fingerprint density at radius 3 is 2.44 bits per heavy atom. The molecule has 2 aliphatic rings. The Labute approximate surface area is 209 Å². The second-order valence-corrected chi connectivity index (χ2v) is 8.82. The van der Waals surface area contributed by atoms with Gasteiger partial charge >= 0.3 is 0 Å². The number of fused-ring (bicyclic) bond motifs is 1. The lowest BCUT2D eigenvalue weighted by atomic mass is 9.96. The average Bonchev–Trinajstić information content (AvgIpc) is 3.35. The first kappa shape index (κ1) is 22.2. The molecule has 0 spiro atoms. The summed E-state index contributed by atoms with van der Waals surface area (Å²) in [4.78, 5) is 25.1. The minimum absolute atomic E-state index is 0.0338. The van der Waals surface area contributed by atoms with Crippen LogP contribution in [0.1, 0.15) is 16.7 Å². The number of anilines is 2. The number of ether oxygens (including phenoxy) is 1. The smallest absolute Gasteiger partial charge is 0.244 e. The van der Waals surface area contributed by atoms with Crippen molar-refractivity contribution in [2.75, 3.05) is 36.5 Å². The molecule has 2 N–H and O–H groups in total. The Morgan fingerprint density at radius 1 is 0.889 bits per heavy atom. The first-order valence-electron chi connectivity index (χ1n) is 12.1. The Hall–Kier alpha value is -4.30. The number of hydrogen-bond donors (Lipinski definition) is 2. The lowest BCUT2D eigenvalue weighted by Gasteiger charge is -2.30. The third kappa shape index (κ3) is 4.38. The van der Waals surface area contributed by atoms with Crippen LogP contribution in [0.2, 0.25) is 0 Å². The van der Waals surface area contributed by atoms with Crippen LogP contribution in [0.3, 0.4) is 0 Å². The fourth-order valence-corrected chi connectivity index (χ4v) is 4.72. The predicted octanol–water partition coefficient (Wildman–Crippen LogP) is 3.71. The standard InChI is InChI=1S/C28H26N6O2/c35-24-18-20-10-4-5-11-21(20)25(19-8-2-1-3-9-19)29-27(24)31-28-30-26(32-33-28)22-12-6-7-13-23(22)34-14-16-36-17-15-34/h1-13,27H,14-18H2,(H2,30,31,32,33). The molecule has 1 atom stereocenters. The van der Waals surface area contributed by atoms with Crippen molar-refractivity contribution < 1.29 is 9.53 Å². The molecule has 6 rings (SSSR count). The number of aliphatic imine (C=N–C) groups is 1. The van der Waals surface area contributed by atoms with E-state index in [0.717, 1.165) is 46.7 Å². The number of Topliss-reactive ketones (excluding diaryl/α,β-unsaturated/α-hetero) is 1. The number of carbonyl (C=O) groups is 1. The van der Waals surface area contributed by atoms with Gasteiger partial charge in [0.2, 0.25) is 5.95 Å². The highest BCUT2D eigenvalue weighted by Crippen LogP contribution is 2.30. The van der Waals surface area contributed by atoms with Gasteiger partial charge in [-0.25, -0.2) is 0 Å². The summed E-state index contributed by atoms with van der Waals surface area (Å²) in [5.74, 6) is 0.937. The van der Waals surface area contributed by atoms with Gasteiger partial charge in [0, 0.05) is 41.9 Å². The average molecular weight is 479 g/mol. The third-order valence-corrected chi connectivity index (χ3v) is 6.51. The number of rotatable bonds is 5. The zero-order valence-electron chi connectivity index (χ0n) is 19.7. The summed E-state index contributed by atoms with van der Waals surface area (Å²) in [5.41, 5.74) is 5.70. The van der Waals surface area contributed by atoms with Gasteiger partial charge in [-0.05, 0) is 17.7 Å². The van der Waals surface area contributed by atoms with Gasteiger partial charge in [-0.1, -0.05) is 66.7 Å². The first-order valence-corrected chi connectivity index (χ1v) is 12.1. The summed E-state index contributed by atoms with van der Waals surface area (Å²) < 4.78 is 5.51. The number of aromatic amines is 1. The van der Waals surface area contributed by atoms with Crippen molar-refractivity contribution in [1.29, 1.82) is 0 Å². The Morgan fingerprint density at radius 2 is 1.61 bits per heavy atom. The van der Waals surface area contributed by atoms with Crippen molar-refractivity contribution in [2.45, 2.75) is 12.6 Å². The highest BCUT2D eigenvalue weighted by atomic mass is 16.5. The molecule has 3 aromatic carbocycles. The molecule has 1 saturated heterocycles. The molecule has 0 amide bonds. The molecule has 0 bridgehead atoms. The number of nitrogens with one attached hydrogen (secondary N) is 2. The maximum absolute atomic E-state index is 13.2. The normalized spacial score (nSPS) is 17.8. The number of para-hydroxylation sites is 1. The Balaban J connectivity index is 1.32. The second-order valence-electron chi connectivity index (χ2n) is 8.82. The molecule has 8 nitrogen and oxygen atoms in total. The van der Waals surface area contributed by atoms with Crippen LogP contribution in [0.15, 0.2) is 83.9 Å². The molecule has 2 aliphatic heterocycles. The monoisotopic (exact) mass is 478 g/mol. The summed E-state index contributed by atoms with van der Waals surface area (Å²) in [6.07, 6.45) is -0.518. The van der Waals surface area contributed by atoms with E-state index < -0.39 is 6.17 Å². The number of ketones is 1. The van der Waals surface area contributed by atoms with Crippen molar-refractivity contribution >= 4 is 23.1 Å². The maximum atomic E-state index is 13.2. The van der Waals surface area contributed by atoms with Gasteiger partial charge in [0.05, 0.1) is 18.9 Å². The van der Waals surface area contributed by atoms with Gasteiger partial charge in [0.15, 0.2) is 17.8 Å². The summed E-state index contributed by atoms with van der Waals surface area (Å²) >= 11 is 0. The Bertz CT molecular complexity index is 1410. The van der Waals surface area contributed by atoms with Crippen molar-refractivity contribution in [1.82, 2.24) is 15.2 Å². The van der Waals surface area contributed by atoms with Crippen LogP contribution in [0.25, 0.3) is 11.4 Å². The van der Waals surface area contributed by atoms with E-state index in [-0.39, 0.29) is 12.2 Å². The molecule has 1 unspecified atom stereocenters. The zero-order valence-corrected chi connectivity index (χ0v) is 19.7. The van der Waals surface area contributed by atoms with E-state index in [0.29, 0.717) is 25.0 Å². The van der Waals surface area contributed by atoms with Crippen LogP contribution in [-0.4, -0.2) is 59.1 Å². The number of carbonyl (C=O) groups excluding carboxylic acids is 1. The third-order valence-electron chi connectivity index (χ3n) is 6.51. The molecule has 1 fully saturated rings. The number of H-pyrrole nitrogens is 1. The first-order chi connectivity index (χ1) is 17.8. The van der Waals surface area contributed by atoms with Crippen LogP contribution >= 0.6 is 0 Å². The number of benzene rings is 3. The minimum atomic E-state index is -0.800. The van der Waals surface area contributed by atoms with E-state index in [1.165, 1.54) is 0 Å². The summed E-state index contributed by atoms with van der Waals surface area (Å²) in [6, 6.07) is 26.0. The minimum Gasteiger partial charge on any atom is -0.378 e. The van der Waals surface area contributed by atoms with E-state index >= 15 is 0 Å². The fraction of sp³-hybridized carbons (Fsp3) is 0.214. The Kier molecular flexibility index (Phi) is 6.01. The summed E-state index contributed by atoms with van der Waals surface area (Å²) in [7, 11) is 0. The zero-order chi connectivity index (χ0) is 24.3. The molecular weight excluding hydrogens is 452 g/mol. The largest absolute Gasteiger partial charge is 0.378 e. The van der Waals surface area contributed by atoms with Gasteiger partial charge < -0.3 is 15.0 Å². The van der Waals surface area contributed by atoms with Crippen LogP contribution in [0.4, 0.5) is 11.6 Å². The quantitative estimate of drug-likeness (QED) is 0.454. The highest BCUT2D eigenvalue weighted by Gasteiger charge is 2.27. The molecule has 8 heteroatoms. The topological polar surface area (TPSA) is 95.5 Å². The number of aromatic nitrogens is 3. The number of morpholine rings is 1. The molecular formula is C28H26N6O2. The maximum Gasteiger partial charge on any atom is 0.244 e. The van der Waals surface area contributed by atoms with E-state index in [1.54, 1.807) is 0 Å². The van der Waals surface area contributed by atoms with Crippen LogP contribution in [0, 0.1) is 0 Å². The fourth-order valence-electron chi connectivity index (χ4n) is 4.72. The molecule has 1 aromatic heterocycles. The summed E-state index contributed by atoms with van der Waals surface area (Å²) in [6.45, 7) is 3.05. The van der Waals surface area contributed by atoms with Crippen molar-refractivity contribution in [3.63, 3.8) is 0 Å². The van der Waals surface area contributed by atoms with Gasteiger partial charge in [-0.3, -0.25) is 14.9 Å². The lowest BCUT2D eigenvalue weighted by molar-refractivity contribution is -0.119. The van der Waals surface area contributed by atoms with Crippen molar-refractivity contribution in [2.24, 2.45) is 4.99 Å². The lowest BCUT2D eigenvalue weighted by Crippen LogP contribution is -2.36. The molecule has 3 heterocycles. The predicted molar refractivity (Wildman–Crippen MR) is 139 cm³/mol. The number of hydrogen-bond acceptors (Lipinski definition) is 7. The SMILES string of the molecule is O=C1Cc2ccccc2C(c2ccccc2)=NC1Nc1n[nH]c(-c2ccccc2N2CCOCC2)n1. The number of nitrogens with zero attached hydrogens (tertiary/aromatic N) is 4. The van der Waals surface area contributed by atoms with Crippen LogP contribution < -0.4 is 10.2 Å². The molecule has 36 heavy (non-hydrogen) atoms. The van der Waals surface area contributed by atoms with E-state index in [9.17, 15) is 4.79 Å². The molecule has 0 saturated carbocycles. The highest BCUT2D eigenvalue weighted by molar-refractivity contribution is 6.16. The van der Waals surface area contributed by atoms with E-state index in [1.807, 2.05) is 72.8 Å². The molecule has 180 valence electrons. The molecule has 4 aromatic rings. The van der Waals surface area contributed by atoms with Gasteiger partial charge in [0.25, 0.3) is 0 Å². The second kappa shape index (κ2) is 9.75. The van der Waals surface area contributed by atoms with E-state index in [4.69, 9.17) is 9.73 Å². The van der Waals surface area contributed by atoms with Crippen molar-refractivity contribution in [3.05, 3.63) is 95.6 Å². The summed E-state index contributed by atoms with van der Waals surface area (Å²) in [5, 5.41) is 10.6. The van der Waals surface area contributed by atoms with Gasteiger partial charge in [-0.15, -0.1) is 5.10 Å². The molecule has 0 radical (unpaired) electrons.